The van der Waals surface area contributed by atoms with Crippen LogP contribution in [-0.4, -0.2) is 8.42 Å². The summed E-state index contributed by atoms with van der Waals surface area (Å²) in [6.45, 7) is 3.56. The van der Waals surface area contributed by atoms with Crippen LogP contribution in [-0.2, 0) is 15.6 Å². The Morgan fingerprint density at radius 1 is 0.952 bits per heavy atom. The predicted octanol–water partition coefficient (Wildman–Crippen LogP) is 4.21. The van der Waals surface area contributed by atoms with Crippen LogP contribution in [0.25, 0.3) is 0 Å². The normalized spacial score (nSPS) is 12.4. The van der Waals surface area contributed by atoms with E-state index >= 15 is 0 Å². The quantitative estimate of drug-likeness (QED) is 0.903. The van der Waals surface area contributed by atoms with E-state index in [0.717, 1.165) is 5.56 Å². The van der Waals surface area contributed by atoms with Crippen molar-refractivity contribution in [2.75, 3.05) is 0 Å². The van der Waals surface area contributed by atoms with E-state index in [-0.39, 0.29) is 9.92 Å². The zero-order chi connectivity index (χ0) is 15.7. The molecule has 0 aliphatic carbocycles. The molecule has 0 bridgehead atoms. The third-order valence-corrected chi connectivity index (χ3v) is 5.49. The van der Waals surface area contributed by atoms with Gasteiger partial charge in [0.2, 0.25) is 10.0 Å². The summed E-state index contributed by atoms with van der Waals surface area (Å²) >= 11 is 11.8. The van der Waals surface area contributed by atoms with Gasteiger partial charge in [-0.05, 0) is 43.7 Å². The first-order valence-corrected chi connectivity index (χ1v) is 8.51. The third kappa shape index (κ3) is 3.77. The van der Waals surface area contributed by atoms with Gasteiger partial charge in [0.05, 0.1) is 10.6 Å². The van der Waals surface area contributed by atoms with Gasteiger partial charge in [-0.15, -0.1) is 0 Å². The average molecular weight is 344 g/mol. The molecule has 0 aliphatic heterocycles. The monoisotopic (exact) mass is 343 g/mol. The first kappa shape index (κ1) is 16.3. The number of sulfonamides is 1. The summed E-state index contributed by atoms with van der Waals surface area (Å²) in [5, 5.41) is 0.792. The molecule has 0 amide bonds. The maximum absolute atomic E-state index is 12.5. The molecule has 112 valence electrons. The number of rotatable bonds is 4. The zero-order valence-corrected chi connectivity index (χ0v) is 13.9. The van der Waals surface area contributed by atoms with Gasteiger partial charge in [-0.25, -0.2) is 13.1 Å². The van der Waals surface area contributed by atoms with E-state index in [0.29, 0.717) is 5.02 Å². The van der Waals surface area contributed by atoms with Crippen molar-refractivity contribution in [2.45, 2.75) is 24.3 Å². The number of nitrogens with one attached hydrogen (secondary N) is 1. The number of benzene rings is 2. The third-order valence-electron chi connectivity index (χ3n) is 3.08. The molecule has 0 aliphatic rings. The summed E-state index contributed by atoms with van der Waals surface area (Å²) in [5.41, 5.74) is 0.0188. The van der Waals surface area contributed by atoms with Crippen LogP contribution in [0.1, 0.15) is 19.4 Å². The van der Waals surface area contributed by atoms with Crippen LogP contribution in [0.15, 0.2) is 53.4 Å². The SMILES string of the molecule is CC(C)(NS(=O)(=O)c1ccccc1Cl)c1ccc(Cl)cc1. The van der Waals surface area contributed by atoms with Crippen LogP contribution >= 0.6 is 23.2 Å². The van der Waals surface area contributed by atoms with E-state index < -0.39 is 15.6 Å². The highest BCUT2D eigenvalue weighted by Crippen LogP contribution is 2.27. The lowest BCUT2D eigenvalue weighted by Gasteiger charge is -2.27. The number of hydrogen-bond acceptors (Lipinski definition) is 2. The van der Waals surface area contributed by atoms with Crippen LogP contribution in [0.4, 0.5) is 0 Å². The molecule has 2 aromatic rings. The Morgan fingerprint density at radius 2 is 1.52 bits per heavy atom. The molecule has 0 fully saturated rings. The van der Waals surface area contributed by atoms with Crippen LogP contribution in [0.2, 0.25) is 10.0 Å². The van der Waals surface area contributed by atoms with Gasteiger partial charge in [0, 0.05) is 5.02 Å². The molecule has 0 heterocycles. The molecule has 3 nitrogen and oxygen atoms in total. The second kappa shape index (κ2) is 5.97. The molecular weight excluding hydrogens is 329 g/mol. The highest BCUT2D eigenvalue weighted by atomic mass is 35.5. The molecule has 0 spiro atoms. The molecular formula is C15H15Cl2NO2S. The van der Waals surface area contributed by atoms with E-state index in [1.165, 1.54) is 6.07 Å². The summed E-state index contributed by atoms with van der Waals surface area (Å²) in [6.07, 6.45) is 0. The largest absolute Gasteiger partial charge is 0.242 e. The fourth-order valence-corrected chi connectivity index (χ4v) is 4.03. The molecule has 2 rings (SSSR count). The van der Waals surface area contributed by atoms with E-state index in [4.69, 9.17) is 23.2 Å². The van der Waals surface area contributed by atoms with Crippen molar-refractivity contribution in [3.05, 3.63) is 64.1 Å². The summed E-state index contributed by atoms with van der Waals surface area (Å²) in [6, 6.07) is 13.4. The van der Waals surface area contributed by atoms with Gasteiger partial charge < -0.3 is 0 Å². The lowest BCUT2D eigenvalue weighted by atomic mass is 9.96. The molecule has 0 atom stereocenters. The first-order valence-electron chi connectivity index (χ1n) is 6.27. The Morgan fingerprint density at radius 3 is 2.10 bits per heavy atom. The summed E-state index contributed by atoms with van der Waals surface area (Å²) in [5.74, 6) is 0. The molecule has 2 aromatic carbocycles. The minimum atomic E-state index is -3.72. The van der Waals surface area contributed by atoms with E-state index in [1.807, 2.05) is 0 Å². The van der Waals surface area contributed by atoms with E-state index in [1.54, 1.807) is 56.3 Å². The summed E-state index contributed by atoms with van der Waals surface area (Å²) in [7, 11) is -3.72. The van der Waals surface area contributed by atoms with Gasteiger partial charge >= 0.3 is 0 Å². The predicted molar refractivity (Wildman–Crippen MR) is 86.3 cm³/mol. The first-order chi connectivity index (χ1) is 9.72. The van der Waals surface area contributed by atoms with Crippen molar-refractivity contribution in [1.82, 2.24) is 4.72 Å². The Labute approximate surface area is 135 Å². The number of hydrogen-bond donors (Lipinski definition) is 1. The van der Waals surface area contributed by atoms with Gasteiger partial charge in [0.15, 0.2) is 0 Å². The lowest BCUT2D eigenvalue weighted by molar-refractivity contribution is 0.472. The van der Waals surface area contributed by atoms with Crippen molar-refractivity contribution < 1.29 is 8.42 Å². The van der Waals surface area contributed by atoms with Gasteiger partial charge in [-0.1, -0.05) is 47.5 Å². The second-order valence-electron chi connectivity index (χ2n) is 5.17. The van der Waals surface area contributed by atoms with Gasteiger partial charge in [0.25, 0.3) is 0 Å². The molecule has 0 aromatic heterocycles. The minimum absolute atomic E-state index is 0.0636. The zero-order valence-electron chi connectivity index (χ0n) is 11.6. The average Bonchev–Trinajstić information content (AvgIpc) is 2.38. The topological polar surface area (TPSA) is 46.2 Å². The smallest absolute Gasteiger partial charge is 0.207 e. The summed E-state index contributed by atoms with van der Waals surface area (Å²) < 4.78 is 27.6. The molecule has 0 saturated heterocycles. The molecule has 0 radical (unpaired) electrons. The standard InChI is InChI=1S/C15H15Cl2NO2S/c1-15(2,11-7-9-12(16)10-8-11)18-21(19,20)14-6-4-3-5-13(14)17/h3-10,18H,1-2H3. The highest BCUT2D eigenvalue weighted by Gasteiger charge is 2.29. The van der Waals surface area contributed by atoms with Crippen LogP contribution in [0.5, 0.6) is 0 Å². The van der Waals surface area contributed by atoms with Crippen LogP contribution in [0, 0.1) is 0 Å². The molecule has 1 N–H and O–H groups in total. The molecule has 6 heteroatoms. The minimum Gasteiger partial charge on any atom is -0.207 e. The summed E-state index contributed by atoms with van der Waals surface area (Å²) in [4.78, 5) is 0.0636. The Balaban J connectivity index is 2.35. The Bertz CT molecular complexity index is 741. The maximum atomic E-state index is 12.5. The second-order valence-corrected chi connectivity index (χ2v) is 7.66. The number of halogens is 2. The maximum Gasteiger partial charge on any atom is 0.242 e. The Hall–Kier alpha value is -1.07. The van der Waals surface area contributed by atoms with E-state index in [2.05, 4.69) is 4.72 Å². The van der Waals surface area contributed by atoms with Crippen molar-refractivity contribution >= 4 is 33.2 Å². The van der Waals surface area contributed by atoms with Gasteiger partial charge in [-0.2, -0.15) is 0 Å². The van der Waals surface area contributed by atoms with Crippen molar-refractivity contribution in [3.63, 3.8) is 0 Å². The molecule has 0 saturated carbocycles. The molecule has 0 unspecified atom stereocenters. The van der Waals surface area contributed by atoms with E-state index in [9.17, 15) is 8.42 Å². The van der Waals surface area contributed by atoms with Crippen molar-refractivity contribution in [3.8, 4) is 0 Å². The van der Waals surface area contributed by atoms with Crippen LogP contribution in [0.3, 0.4) is 0 Å². The lowest BCUT2D eigenvalue weighted by Crippen LogP contribution is -2.40. The van der Waals surface area contributed by atoms with Crippen LogP contribution < -0.4 is 4.72 Å². The fraction of sp³-hybridized carbons (Fsp3) is 0.200. The Kier molecular flexibility index (Phi) is 4.63. The van der Waals surface area contributed by atoms with Crippen molar-refractivity contribution in [1.29, 1.82) is 0 Å². The van der Waals surface area contributed by atoms with Gasteiger partial charge in [-0.3, -0.25) is 0 Å². The van der Waals surface area contributed by atoms with Crippen molar-refractivity contribution in [2.24, 2.45) is 0 Å². The fourth-order valence-electron chi connectivity index (χ4n) is 1.98. The highest BCUT2D eigenvalue weighted by molar-refractivity contribution is 7.89. The van der Waals surface area contributed by atoms with Gasteiger partial charge in [0.1, 0.15) is 4.90 Å². The molecule has 21 heavy (non-hydrogen) atoms.